The predicted molar refractivity (Wildman–Crippen MR) is 259 cm³/mol. The van der Waals surface area contributed by atoms with Gasteiger partial charge in [0.05, 0.1) is 57.7 Å². The summed E-state index contributed by atoms with van der Waals surface area (Å²) in [4.78, 5) is 15.6. The number of nitrogens with one attached hydrogen (secondary N) is 2. The van der Waals surface area contributed by atoms with E-state index in [1.165, 1.54) is 12.1 Å². The zero-order valence-corrected chi connectivity index (χ0v) is 41.8. The highest BCUT2D eigenvalue weighted by molar-refractivity contribution is 7.86. The van der Waals surface area contributed by atoms with Crippen LogP contribution in [0.1, 0.15) is 107 Å². The highest BCUT2D eigenvalue weighted by Gasteiger charge is 2.47. The Morgan fingerprint density at radius 1 is 0.806 bits per heavy atom. The SMILES string of the molecule is CC1(CCCCCC(=O)NCCOCCOCCOCCOCCCCCCCl)C(/C=C/C=C/C=C2/N3CCCc4ccc(S(=O)(=O)O)c(c43)C2(C)C)=C[NH+]2CCc3ccc(S(=O)(=O)[O-])c1c32. The number of hydrogen-bond acceptors (Lipinski definition) is 11. The number of allylic oxidation sites excluding steroid dienone is 7. The summed E-state index contributed by atoms with van der Waals surface area (Å²) in [5, 5.41) is 2.91. The van der Waals surface area contributed by atoms with Crippen LogP contribution in [0, 0.1) is 0 Å². The van der Waals surface area contributed by atoms with Crippen molar-refractivity contribution in [1.82, 2.24) is 5.32 Å². The Kier molecular flexibility index (Phi) is 19.3. The molecule has 6 rings (SSSR count). The first-order valence-electron chi connectivity index (χ1n) is 23.9. The van der Waals surface area contributed by atoms with Gasteiger partial charge in [-0.1, -0.05) is 82.9 Å². The molecular weight excluding hydrogens is 918 g/mol. The smallest absolute Gasteiger partial charge is 0.294 e. The lowest BCUT2D eigenvalue weighted by Crippen LogP contribution is -3.02. The summed E-state index contributed by atoms with van der Waals surface area (Å²) >= 11 is 5.69. The van der Waals surface area contributed by atoms with Crippen molar-refractivity contribution in [2.75, 3.05) is 83.3 Å². The molecule has 2 unspecified atom stereocenters. The van der Waals surface area contributed by atoms with E-state index in [0.29, 0.717) is 95.5 Å². The fourth-order valence-electron chi connectivity index (χ4n) is 10.1. The number of hydrogen-bond donors (Lipinski definition) is 3. The minimum Gasteiger partial charge on any atom is -0.744 e. The summed E-state index contributed by atoms with van der Waals surface area (Å²) in [5.74, 6) is 0.650. The van der Waals surface area contributed by atoms with Gasteiger partial charge in [-0.25, -0.2) is 8.42 Å². The van der Waals surface area contributed by atoms with Crippen molar-refractivity contribution in [3.05, 3.63) is 94.4 Å². The summed E-state index contributed by atoms with van der Waals surface area (Å²) < 4.78 is 95.8. The molecule has 0 bridgehead atoms. The molecule has 0 aromatic heterocycles. The molecule has 3 N–H and O–H groups in total. The van der Waals surface area contributed by atoms with Crippen LogP contribution in [0.25, 0.3) is 0 Å². The number of carbonyl (C=O) groups excluding carboxylic acids is 1. The second-order valence-corrected chi connectivity index (χ2v) is 21.6. The van der Waals surface area contributed by atoms with Crippen LogP contribution < -0.4 is 15.1 Å². The van der Waals surface area contributed by atoms with Gasteiger partial charge < -0.3 is 33.7 Å². The van der Waals surface area contributed by atoms with Gasteiger partial charge in [0.25, 0.3) is 10.1 Å². The van der Waals surface area contributed by atoms with Gasteiger partial charge in [-0.2, -0.15) is 8.42 Å². The normalized spacial score (nSPS) is 20.3. The fraction of sp³-hybridized carbons (Fsp3) is 0.580. The van der Waals surface area contributed by atoms with Crippen molar-refractivity contribution >= 4 is 49.1 Å². The number of ether oxygens (including phenoxy) is 4. The van der Waals surface area contributed by atoms with Gasteiger partial charge in [-0.05, 0) is 62.3 Å². The molecule has 1 amide bonds. The lowest BCUT2D eigenvalue weighted by Gasteiger charge is -2.38. The van der Waals surface area contributed by atoms with E-state index >= 15 is 0 Å². The number of amides is 1. The third-order valence-electron chi connectivity index (χ3n) is 13.4. The van der Waals surface area contributed by atoms with Gasteiger partial charge >= 0.3 is 0 Å². The second-order valence-electron chi connectivity index (χ2n) is 18.4. The molecule has 0 aliphatic carbocycles. The summed E-state index contributed by atoms with van der Waals surface area (Å²) in [6, 6.07) is 6.56. The van der Waals surface area contributed by atoms with Gasteiger partial charge in [0.2, 0.25) is 5.91 Å². The average Bonchev–Trinajstić information content (AvgIpc) is 3.79. The number of halogens is 1. The standard InChI is InChI=1S/C50H70ClN3O11S2/c1-49(2)43(54-27-14-15-38-19-21-41(66(56,57)58)45(49)48(38)54)17-9-6-8-16-40-37-53-28-23-39-20-22-42(67(59,60)61)46(47(39)53)50(40,3)24-11-7-10-18-44(55)52-26-30-63-32-34-65-36-35-64-33-31-62-29-13-5-4-12-25-51/h6,8-9,16-17,19-22,37H,4-5,7,10-15,18,23-36H2,1-3H3,(H,52,55)(H,56,57,58)(H,59,60,61)/b9-6+,16-8+,43-17+. The van der Waals surface area contributed by atoms with Gasteiger partial charge in [-0.15, -0.1) is 11.6 Å². The maximum Gasteiger partial charge on any atom is 0.294 e. The number of quaternary nitrogens is 1. The van der Waals surface area contributed by atoms with E-state index in [4.69, 9.17) is 30.5 Å². The molecule has 0 radical (unpaired) electrons. The first-order valence-corrected chi connectivity index (χ1v) is 27.3. The molecule has 0 saturated carbocycles. The molecule has 0 saturated heterocycles. The minimum atomic E-state index is -4.79. The van der Waals surface area contributed by atoms with E-state index in [1.54, 1.807) is 12.1 Å². The van der Waals surface area contributed by atoms with E-state index < -0.39 is 31.1 Å². The second kappa shape index (κ2) is 24.4. The highest BCUT2D eigenvalue weighted by Crippen LogP contribution is 2.53. The van der Waals surface area contributed by atoms with Crippen molar-refractivity contribution in [3.8, 4) is 0 Å². The van der Waals surface area contributed by atoms with Crippen molar-refractivity contribution < 1.29 is 54.6 Å². The minimum absolute atomic E-state index is 0.0641. The Morgan fingerprint density at radius 3 is 2.16 bits per heavy atom. The molecule has 0 spiro atoms. The van der Waals surface area contributed by atoms with E-state index in [0.717, 1.165) is 110 Å². The zero-order valence-electron chi connectivity index (χ0n) is 39.4. The molecule has 2 aromatic rings. The van der Waals surface area contributed by atoms with E-state index in [9.17, 15) is 30.7 Å². The van der Waals surface area contributed by atoms with Crippen LogP contribution in [0.2, 0.25) is 0 Å². The third-order valence-corrected chi connectivity index (χ3v) is 15.4. The third kappa shape index (κ3) is 13.5. The Bertz CT molecular complexity index is 2380. The first kappa shape index (κ1) is 52.9. The molecule has 2 atom stereocenters. The summed E-state index contributed by atoms with van der Waals surface area (Å²) in [6.45, 7) is 11.9. The monoisotopic (exact) mass is 987 g/mol. The average molecular weight is 989 g/mol. The number of anilines is 1. The predicted octanol–water partition coefficient (Wildman–Crippen LogP) is 6.74. The maximum absolute atomic E-state index is 12.8. The largest absolute Gasteiger partial charge is 0.744 e. The molecule has 4 aliphatic heterocycles. The molecule has 0 fully saturated rings. The number of carbonyl (C=O) groups is 1. The number of unbranched alkanes of at least 4 members (excludes halogenated alkanes) is 5. The van der Waals surface area contributed by atoms with Gasteiger partial charge in [0.15, 0.2) is 0 Å². The molecule has 17 heteroatoms. The Morgan fingerprint density at radius 2 is 1.46 bits per heavy atom. The first-order chi connectivity index (χ1) is 32.1. The number of nitrogens with zero attached hydrogens (tertiary/aromatic N) is 1. The topological polar surface area (TPSA) is 185 Å². The zero-order chi connectivity index (χ0) is 48.1. The van der Waals surface area contributed by atoms with Crippen LogP contribution in [-0.2, 0) is 67.6 Å². The van der Waals surface area contributed by atoms with Crippen molar-refractivity contribution in [2.45, 2.75) is 118 Å². The van der Waals surface area contributed by atoms with Crippen molar-refractivity contribution in [3.63, 3.8) is 0 Å². The van der Waals surface area contributed by atoms with E-state index in [1.807, 2.05) is 51.2 Å². The molecule has 2 aromatic carbocycles. The molecule has 67 heavy (non-hydrogen) atoms. The van der Waals surface area contributed by atoms with Gasteiger partial charge in [0.1, 0.15) is 26.9 Å². The number of aryl methyl sites for hydroxylation is 1. The molecule has 14 nitrogen and oxygen atoms in total. The summed E-state index contributed by atoms with van der Waals surface area (Å²) in [6.07, 6.45) is 21.7. The Labute approximate surface area is 403 Å². The number of rotatable bonds is 29. The summed E-state index contributed by atoms with van der Waals surface area (Å²) in [5.41, 5.74) is 5.37. The fourth-order valence-corrected chi connectivity index (χ4v) is 11.9. The molecular formula is C50H70ClN3O11S2. The van der Waals surface area contributed by atoms with Crippen LogP contribution >= 0.6 is 11.6 Å². The molecule has 4 aliphatic rings. The van der Waals surface area contributed by atoms with E-state index in [-0.39, 0.29) is 15.7 Å². The number of benzene rings is 2. The van der Waals surface area contributed by atoms with E-state index in [2.05, 4.69) is 16.4 Å². The van der Waals surface area contributed by atoms with Crippen LogP contribution in [0.5, 0.6) is 0 Å². The van der Waals surface area contributed by atoms with Gasteiger partial charge in [0, 0.05) is 82.9 Å². The highest BCUT2D eigenvalue weighted by atomic mass is 35.5. The maximum atomic E-state index is 12.8. The van der Waals surface area contributed by atoms with Crippen LogP contribution in [-0.4, -0.2) is 110 Å². The Hall–Kier alpha value is -3.42. The molecule has 4 heterocycles. The van der Waals surface area contributed by atoms with Crippen LogP contribution in [0.4, 0.5) is 11.4 Å². The van der Waals surface area contributed by atoms with Crippen LogP contribution in [0.15, 0.2) is 81.9 Å². The quantitative estimate of drug-likeness (QED) is 0.0338. The van der Waals surface area contributed by atoms with Gasteiger partial charge in [-0.3, -0.25) is 14.2 Å². The van der Waals surface area contributed by atoms with Crippen molar-refractivity contribution in [2.24, 2.45) is 0 Å². The molecule has 370 valence electrons. The Balaban J connectivity index is 0.983. The lowest BCUT2D eigenvalue weighted by atomic mass is 9.69. The van der Waals surface area contributed by atoms with Crippen molar-refractivity contribution in [1.29, 1.82) is 0 Å². The summed E-state index contributed by atoms with van der Waals surface area (Å²) in [7, 11) is -9.24. The number of alkyl halides is 1. The van der Waals surface area contributed by atoms with Crippen LogP contribution in [0.3, 0.4) is 0 Å². The lowest BCUT2D eigenvalue weighted by molar-refractivity contribution is -0.770.